The Labute approximate surface area is 169 Å². The molecule has 156 valence electrons. The van der Waals surface area contributed by atoms with E-state index in [4.69, 9.17) is 9.15 Å². The van der Waals surface area contributed by atoms with Crippen LogP contribution in [0.1, 0.15) is 40.6 Å². The lowest BCUT2D eigenvalue weighted by atomic mass is 9.78. The number of esters is 1. The molecule has 0 radical (unpaired) electrons. The standard InChI is InChI=1S/C21H27N3O5/c1-12-4-5-18(13(2)22-12)29-19-7-15-9-24(8-14(15)6-17(19)25)10-20-23-16(11-28-20)21(26)27-3/h4-5,11,14-15,17,19,25H,6-10H2,1-3H3/t14-,15+,17+,19+/m0/s1. The van der Waals surface area contributed by atoms with Crippen LogP contribution in [-0.2, 0) is 11.3 Å². The summed E-state index contributed by atoms with van der Waals surface area (Å²) >= 11 is 0. The van der Waals surface area contributed by atoms with Crippen LogP contribution in [0.3, 0.4) is 0 Å². The van der Waals surface area contributed by atoms with Gasteiger partial charge in [0.15, 0.2) is 5.69 Å². The Morgan fingerprint density at radius 2 is 2.00 bits per heavy atom. The van der Waals surface area contributed by atoms with Gasteiger partial charge in [0, 0.05) is 18.8 Å². The molecule has 2 aliphatic rings. The Morgan fingerprint density at radius 3 is 2.72 bits per heavy atom. The molecule has 8 heteroatoms. The number of rotatable bonds is 5. The highest BCUT2D eigenvalue weighted by molar-refractivity contribution is 5.86. The van der Waals surface area contributed by atoms with E-state index in [1.165, 1.54) is 13.4 Å². The molecule has 1 saturated carbocycles. The summed E-state index contributed by atoms with van der Waals surface area (Å²) in [6.07, 6.45) is 2.12. The summed E-state index contributed by atoms with van der Waals surface area (Å²) in [5.41, 5.74) is 1.98. The summed E-state index contributed by atoms with van der Waals surface area (Å²) in [5, 5.41) is 10.6. The van der Waals surface area contributed by atoms with Crippen molar-refractivity contribution in [1.29, 1.82) is 0 Å². The van der Waals surface area contributed by atoms with Gasteiger partial charge in [-0.2, -0.15) is 0 Å². The number of aromatic nitrogens is 2. The lowest BCUT2D eigenvalue weighted by molar-refractivity contribution is -0.0236. The molecule has 2 aromatic rings. The SMILES string of the molecule is COC(=O)c1coc(CN2C[C@H]3C[C@@H](Oc4ccc(C)nc4C)[C@H](O)C[C@H]3C2)n1. The maximum absolute atomic E-state index is 11.5. The number of aryl methyl sites for hydroxylation is 2. The number of hydrogen-bond donors (Lipinski definition) is 1. The number of aliphatic hydroxyl groups excluding tert-OH is 1. The number of hydrogen-bond acceptors (Lipinski definition) is 8. The van der Waals surface area contributed by atoms with Crippen LogP contribution in [0.25, 0.3) is 0 Å². The van der Waals surface area contributed by atoms with Crippen molar-refractivity contribution in [3.63, 3.8) is 0 Å². The van der Waals surface area contributed by atoms with E-state index >= 15 is 0 Å². The number of pyridine rings is 1. The van der Waals surface area contributed by atoms with Gasteiger partial charge in [0.25, 0.3) is 0 Å². The van der Waals surface area contributed by atoms with Gasteiger partial charge in [-0.25, -0.2) is 9.78 Å². The highest BCUT2D eigenvalue weighted by atomic mass is 16.5. The summed E-state index contributed by atoms with van der Waals surface area (Å²) in [6, 6.07) is 3.86. The highest BCUT2D eigenvalue weighted by Gasteiger charge is 2.43. The zero-order valence-corrected chi connectivity index (χ0v) is 17.0. The first-order chi connectivity index (χ1) is 13.9. The lowest BCUT2D eigenvalue weighted by Crippen LogP contribution is -2.42. The molecule has 2 aromatic heterocycles. The van der Waals surface area contributed by atoms with E-state index in [0.717, 1.165) is 36.6 Å². The van der Waals surface area contributed by atoms with Crippen molar-refractivity contribution < 1.29 is 23.8 Å². The number of carbonyl (C=O) groups excluding carboxylic acids is 1. The Morgan fingerprint density at radius 1 is 1.24 bits per heavy atom. The Kier molecular flexibility index (Phi) is 5.56. The summed E-state index contributed by atoms with van der Waals surface area (Å²) in [4.78, 5) is 22.4. The molecule has 1 aliphatic carbocycles. The van der Waals surface area contributed by atoms with Crippen LogP contribution < -0.4 is 4.74 Å². The first kappa shape index (κ1) is 19.8. The molecule has 1 saturated heterocycles. The van der Waals surface area contributed by atoms with E-state index in [1.54, 1.807) is 0 Å². The van der Waals surface area contributed by atoms with Crippen LogP contribution in [0.5, 0.6) is 5.75 Å². The van der Waals surface area contributed by atoms with Crippen LogP contribution in [-0.4, -0.2) is 58.4 Å². The number of nitrogens with zero attached hydrogens (tertiary/aromatic N) is 3. The smallest absolute Gasteiger partial charge is 0.360 e. The number of methoxy groups -OCH3 is 1. The van der Waals surface area contributed by atoms with Crippen LogP contribution in [0.4, 0.5) is 0 Å². The lowest BCUT2D eigenvalue weighted by Gasteiger charge is -2.35. The van der Waals surface area contributed by atoms with Crippen molar-refractivity contribution in [3.8, 4) is 5.75 Å². The van der Waals surface area contributed by atoms with Gasteiger partial charge < -0.3 is 19.0 Å². The maximum Gasteiger partial charge on any atom is 0.360 e. The summed E-state index contributed by atoms with van der Waals surface area (Å²) in [7, 11) is 1.32. The number of ether oxygens (including phenoxy) is 2. The fourth-order valence-electron chi connectivity index (χ4n) is 4.48. The van der Waals surface area contributed by atoms with Gasteiger partial charge in [-0.3, -0.25) is 9.88 Å². The van der Waals surface area contributed by atoms with E-state index in [-0.39, 0.29) is 11.8 Å². The molecule has 1 N–H and O–H groups in total. The van der Waals surface area contributed by atoms with Gasteiger partial charge in [-0.15, -0.1) is 0 Å². The number of fused-ring (bicyclic) bond motifs is 1. The number of oxazole rings is 1. The largest absolute Gasteiger partial charge is 0.486 e. The molecular formula is C21H27N3O5. The second-order valence-corrected chi connectivity index (χ2v) is 8.06. The molecule has 8 nitrogen and oxygen atoms in total. The van der Waals surface area contributed by atoms with Gasteiger partial charge in [-0.1, -0.05) is 0 Å². The van der Waals surface area contributed by atoms with Crippen LogP contribution in [0.15, 0.2) is 22.8 Å². The monoisotopic (exact) mass is 401 g/mol. The average molecular weight is 401 g/mol. The molecule has 1 aliphatic heterocycles. The molecule has 0 spiro atoms. The van der Waals surface area contributed by atoms with Gasteiger partial charge >= 0.3 is 5.97 Å². The Hall–Kier alpha value is -2.45. The normalized spacial score (nSPS) is 26.9. The van der Waals surface area contributed by atoms with Gasteiger partial charge in [0.2, 0.25) is 5.89 Å². The summed E-state index contributed by atoms with van der Waals surface area (Å²) < 4.78 is 16.2. The second kappa shape index (κ2) is 8.12. The Bertz CT molecular complexity index is 883. The first-order valence-corrected chi connectivity index (χ1v) is 9.97. The molecular weight excluding hydrogens is 374 g/mol. The van der Waals surface area contributed by atoms with Gasteiger partial charge in [0.05, 0.1) is 25.5 Å². The molecule has 0 bridgehead atoms. The molecule has 3 heterocycles. The van der Waals surface area contributed by atoms with E-state index in [0.29, 0.717) is 30.7 Å². The fourth-order valence-corrected chi connectivity index (χ4v) is 4.48. The maximum atomic E-state index is 11.5. The minimum absolute atomic E-state index is 0.185. The third-order valence-electron chi connectivity index (χ3n) is 5.92. The van der Waals surface area contributed by atoms with Crippen molar-refractivity contribution in [1.82, 2.24) is 14.9 Å². The van der Waals surface area contributed by atoms with E-state index in [9.17, 15) is 9.90 Å². The Balaban J connectivity index is 1.37. The molecule has 0 unspecified atom stereocenters. The zero-order chi connectivity index (χ0) is 20.5. The molecule has 4 rings (SSSR count). The fraction of sp³-hybridized carbons (Fsp3) is 0.571. The number of likely N-dealkylation sites (tertiary alicyclic amines) is 1. The summed E-state index contributed by atoms with van der Waals surface area (Å²) in [5.74, 6) is 1.59. The van der Waals surface area contributed by atoms with Crippen LogP contribution in [0, 0.1) is 25.7 Å². The van der Waals surface area contributed by atoms with E-state index < -0.39 is 12.1 Å². The molecule has 0 amide bonds. The molecule has 0 aromatic carbocycles. The topological polar surface area (TPSA) is 97.9 Å². The predicted molar refractivity (Wildman–Crippen MR) is 103 cm³/mol. The van der Waals surface area contributed by atoms with Crippen molar-refractivity contribution in [2.24, 2.45) is 11.8 Å². The third kappa shape index (κ3) is 4.28. The van der Waals surface area contributed by atoms with Crippen molar-refractivity contribution in [3.05, 3.63) is 41.4 Å². The number of aliphatic hydroxyl groups is 1. The summed E-state index contributed by atoms with van der Waals surface area (Å²) in [6.45, 7) is 6.17. The van der Waals surface area contributed by atoms with E-state index in [2.05, 4.69) is 19.6 Å². The highest BCUT2D eigenvalue weighted by Crippen LogP contribution is 2.38. The minimum Gasteiger partial charge on any atom is -0.486 e. The van der Waals surface area contributed by atoms with E-state index in [1.807, 2.05) is 26.0 Å². The first-order valence-electron chi connectivity index (χ1n) is 9.97. The van der Waals surface area contributed by atoms with Crippen LogP contribution in [0.2, 0.25) is 0 Å². The number of carbonyl (C=O) groups is 1. The molecule has 4 atom stereocenters. The van der Waals surface area contributed by atoms with Crippen LogP contribution >= 0.6 is 0 Å². The average Bonchev–Trinajstić information content (AvgIpc) is 3.30. The molecule has 2 fully saturated rings. The van der Waals surface area contributed by atoms with Gasteiger partial charge in [0.1, 0.15) is 18.1 Å². The molecule has 29 heavy (non-hydrogen) atoms. The third-order valence-corrected chi connectivity index (χ3v) is 5.92. The van der Waals surface area contributed by atoms with Gasteiger partial charge in [-0.05, 0) is 50.7 Å². The zero-order valence-electron chi connectivity index (χ0n) is 17.0. The van der Waals surface area contributed by atoms with Crippen molar-refractivity contribution >= 4 is 5.97 Å². The quantitative estimate of drug-likeness (QED) is 0.761. The second-order valence-electron chi connectivity index (χ2n) is 8.06. The minimum atomic E-state index is -0.501. The predicted octanol–water partition coefficient (Wildman–Crippen LogP) is 2.12. The van der Waals surface area contributed by atoms with Crippen molar-refractivity contribution in [2.75, 3.05) is 20.2 Å². The van der Waals surface area contributed by atoms with Crippen molar-refractivity contribution in [2.45, 2.75) is 45.4 Å².